The number of hydrogen-bond donors (Lipinski definition) is 1. The molecular formula is C16H14N2O6S. The number of oxime groups is 1. The first-order valence-corrected chi connectivity index (χ1v) is 8.66. The fraction of sp³-hybridized carbons (Fsp3) is 0.125. The first-order valence-electron chi connectivity index (χ1n) is 7.17. The van der Waals surface area contributed by atoms with Crippen molar-refractivity contribution in [2.24, 2.45) is 5.16 Å². The predicted molar refractivity (Wildman–Crippen MR) is 88.1 cm³/mol. The summed E-state index contributed by atoms with van der Waals surface area (Å²) < 4.78 is 36.2. The molecule has 0 atom stereocenters. The Morgan fingerprint density at radius 3 is 2.64 bits per heavy atom. The van der Waals surface area contributed by atoms with Crippen LogP contribution in [0.2, 0.25) is 0 Å². The van der Waals surface area contributed by atoms with Crippen LogP contribution in [0.4, 0.5) is 4.79 Å². The Hall–Kier alpha value is -3.07. The van der Waals surface area contributed by atoms with Crippen molar-refractivity contribution in [1.82, 2.24) is 4.72 Å². The van der Waals surface area contributed by atoms with Gasteiger partial charge in [0.1, 0.15) is 0 Å². The molecule has 0 spiro atoms. The van der Waals surface area contributed by atoms with Crippen molar-refractivity contribution in [2.75, 3.05) is 6.79 Å². The second-order valence-electron chi connectivity index (χ2n) is 5.14. The molecule has 0 radical (unpaired) electrons. The van der Waals surface area contributed by atoms with E-state index in [0.717, 1.165) is 5.56 Å². The van der Waals surface area contributed by atoms with Gasteiger partial charge >= 0.3 is 6.09 Å². The van der Waals surface area contributed by atoms with E-state index >= 15 is 0 Å². The minimum absolute atomic E-state index is 0.0465. The molecule has 0 aromatic heterocycles. The lowest BCUT2D eigenvalue weighted by molar-refractivity contribution is 0.158. The average molecular weight is 362 g/mol. The van der Waals surface area contributed by atoms with Gasteiger partial charge in [-0.25, -0.2) is 17.9 Å². The molecule has 9 heteroatoms. The third-order valence-corrected chi connectivity index (χ3v) is 4.61. The first-order chi connectivity index (χ1) is 11.9. The number of carbonyl (C=O) groups excluding carboxylic acids is 1. The minimum atomic E-state index is -4.01. The molecule has 25 heavy (non-hydrogen) atoms. The van der Waals surface area contributed by atoms with Crippen LogP contribution in [-0.4, -0.2) is 27.5 Å². The molecule has 130 valence electrons. The van der Waals surface area contributed by atoms with Crippen molar-refractivity contribution >= 4 is 22.3 Å². The first kappa shape index (κ1) is 16.8. The summed E-state index contributed by atoms with van der Waals surface area (Å²) in [5, 5.41) is 3.46. The molecule has 2 aromatic carbocycles. The van der Waals surface area contributed by atoms with Crippen molar-refractivity contribution in [3.63, 3.8) is 0 Å². The van der Waals surface area contributed by atoms with Crippen LogP contribution in [0, 0.1) is 6.92 Å². The van der Waals surface area contributed by atoms with Crippen LogP contribution in [-0.2, 0) is 14.9 Å². The molecule has 0 fully saturated rings. The van der Waals surface area contributed by atoms with E-state index in [4.69, 9.17) is 9.47 Å². The monoisotopic (exact) mass is 362 g/mol. The van der Waals surface area contributed by atoms with Gasteiger partial charge in [0.05, 0.1) is 11.1 Å². The minimum Gasteiger partial charge on any atom is -0.454 e. The standard InChI is InChI=1S/C16H14N2O6S/c1-11-2-5-13(6-3-11)25(20,21)18-16(19)24-17-9-12-4-7-14-15(8-12)23-10-22-14/h2-9H,10H2,1H3,(H,18,19)/b17-9-. The number of aryl methyl sites for hydroxylation is 1. The molecular weight excluding hydrogens is 348 g/mol. The van der Waals surface area contributed by atoms with E-state index in [-0.39, 0.29) is 11.7 Å². The van der Waals surface area contributed by atoms with Gasteiger partial charge in [0.2, 0.25) is 6.79 Å². The van der Waals surface area contributed by atoms with E-state index in [2.05, 4.69) is 9.99 Å². The lowest BCUT2D eigenvalue weighted by Gasteiger charge is -2.05. The lowest BCUT2D eigenvalue weighted by atomic mass is 10.2. The maximum Gasteiger partial charge on any atom is 0.447 e. The summed E-state index contributed by atoms with van der Waals surface area (Å²) >= 11 is 0. The van der Waals surface area contributed by atoms with Crippen molar-refractivity contribution in [3.8, 4) is 11.5 Å². The molecule has 0 aliphatic carbocycles. The Labute approximate surface area is 144 Å². The zero-order valence-electron chi connectivity index (χ0n) is 13.1. The summed E-state index contributed by atoms with van der Waals surface area (Å²) in [5.41, 5.74) is 1.49. The molecule has 0 saturated carbocycles. The Bertz CT molecular complexity index is 922. The zero-order chi connectivity index (χ0) is 17.9. The average Bonchev–Trinajstić information content (AvgIpc) is 3.02. The topological polar surface area (TPSA) is 103 Å². The highest BCUT2D eigenvalue weighted by molar-refractivity contribution is 7.90. The summed E-state index contributed by atoms with van der Waals surface area (Å²) in [4.78, 5) is 16.1. The Morgan fingerprint density at radius 2 is 1.88 bits per heavy atom. The van der Waals surface area contributed by atoms with Gasteiger partial charge in [0.15, 0.2) is 11.5 Å². The molecule has 3 rings (SSSR count). The quantitative estimate of drug-likeness (QED) is 0.508. The fourth-order valence-corrected chi connectivity index (χ4v) is 2.90. The molecule has 1 heterocycles. The molecule has 0 bridgehead atoms. The molecule has 1 aliphatic heterocycles. The van der Waals surface area contributed by atoms with Crippen LogP contribution in [0.1, 0.15) is 11.1 Å². The van der Waals surface area contributed by atoms with Crippen molar-refractivity contribution in [3.05, 3.63) is 53.6 Å². The van der Waals surface area contributed by atoms with Crippen LogP contribution in [0.25, 0.3) is 0 Å². The van der Waals surface area contributed by atoms with E-state index in [9.17, 15) is 13.2 Å². The van der Waals surface area contributed by atoms with E-state index in [1.54, 1.807) is 35.1 Å². The number of fused-ring (bicyclic) bond motifs is 1. The van der Waals surface area contributed by atoms with E-state index < -0.39 is 16.1 Å². The van der Waals surface area contributed by atoms with Crippen LogP contribution >= 0.6 is 0 Å². The smallest absolute Gasteiger partial charge is 0.447 e. The van der Waals surface area contributed by atoms with Gasteiger partial charge in [-0.15, -0.1) is 0 Å². The van der Waals surface area contributed by atoms with E-state index in [1.165, 1.54) is 18.3 Å². The summed E-state index contributed by atoms with van der Waals surface area (Å²) in [5.74, 6) is 1.16. The molecule has 0 unspecified atom stereocenters. The lowest BCUT2D eigenvalue weighted by Crippen LogP contribution is -2.30. The second-order valence-corrected chi connectivity index (χ2v) is 6.83. The summed E-state index contributed by atoms with van der Waals surface area (Å²) in [7, 11) is -4.01. The SMILES string of the molecule is Cc1ccc(S(=O)(=O)NC(=O)O/N=C\c2ccc3c(c2)OCO3)cc1. The third kappa shape index (κ3) is 4.07. The number of ether oxygens (including phenoxy) is 2. The number of benzene rings is 2. The largest absolute Gasteiger partial charge is 0.454 e. The Balaban J connectivity index is 1.60. The van der Waals surface area contributed by atoms with E-state index in [0.29, 0.717) is 17.1 Å². The third-order valence-electron chi connectivity index (χ3n) is 3.28. The fourth-order valence-electron chi connectivity index (χ4n) is 2.03. The second kappa shape index (κ2) is 6.81. The normalized spacial score (nSPS) is 13.0. The number of rotatable bonds is 4. The van der Waals surface area contributed by atoms with Gasteiger partial charge in [-0.05, 0) is 37.3 Å². The maximum absolute atomic E-state index is 12.0. The highest BCUT2D eigenvalue weighted by Crippen LogP contribution is 2.31. The molecule has 1 N–H and O–H groups in total. The van der Waals surface area contributed by atoms with Gasteiger partial charge in [0, 0.05) is 5.56 Å². The number of carbonyl (C=O) groups is 1. The number of hydrogen-bond acceptors (Lipinski definition) is 7. The maximum atomic E-state index is 12.0. The van der Waals surface area contributed by atoms with Crippen molar-refractivity contribution in [2.45, 2.75) is 11.8 Å². The van der Waals surface area contributed by atoms with Crippen LogP contribution in [0.3, 0.4) is 0 Å². The van der Waals surface area contributed by atoms with Gasteiger partial charge < -0.3 is 9.47 Å². The van der Waals surface area contributed by atoms with Gasteiger partial charge in [-0.1, -0.05) is 22.9 Å². The summed E-state index contributed by atoms with van der Waals surface area (Å²) in [6.07, 6.45) is 0.0395. The summed E-state index contributed by atoms with van der Waals surface area (Å²) in [6, 6.07) is 11.0. The number of nitrogens with zero attached hydrogens (tertiary/aromatic N) is 1. The Morgan fingerprint density at radius 1 is 1.16 bits per heavy atom. The van der Waals surface area contributed by atoms with Gasteiger partial charge in [-0.2, -0.15) is 0 Å². The number of amides is 1. The molecule has 2 aromatic rings. The molecule has 0 saturated heterocycles. The van der Waals surface area contributed by atoms with Crippen molar-refractivity contribution in [1.29, 1.82) is 0 Å². The number of nitrogens with one attached hydrogen (secondary N) is 1. The van der Waals surface area contributed by atoms with Gasteiger partial charge in [-0.3, -0.25) is 4.84 Å². The predicted octanol–water partition coefficient (Wildman–Crippen LogP) is 2.17. The summed E-state index contributed by atoms with van der Waals surface area (Å²) in [6.45, 7) is 1.97. The Kier molecular flexibility index (Phi) is 4.57. The zero-order valence-corrected chi connectivity index (χ0v) is 13.9. The number of sulfonamides is 1. The highest BCUT2D eigenvalue weighted by atomic mass is 32.2. The molecule has 8 nitrogen and oxygen atoms in total. The van der Waals surface area contributed by atoms with Crippen LogP contribution < -0.4 is 14.2 Å². The van der Waals surface area contributed by atoms with Crippen LogP contribution in [0.5, 0.6) is 11.5 Å². The molecule has 1 amide bonds. The molecule has 1 aliphatic rings. The van der Waals surface area contributed by atoms with Crippen LogP contribution in [0.15, 0.2) is 52.5 Å². The van der Waals surface area contributed by atoms with Crippen molar-refractivity contribution < 1.29 is 27.5 Å². The van der Waals surface area contributed by atoms with E-state index in [1.807, 2.05) is 6.92 Å². The highest BCUT2D eigenvalue weighted by Gasteiger charge is 2.18. The van der Waals surface area contributed by atoms with Gasteiger partial charge in [0.25, 0.3) is 10.0 Å².